The fourth-order valence-corrected chi connectivity index (χ4v) is 2.61. The number of rotatable bonds is 12. The molecule has 0 unspecified atom stereocenters. The predicted molar refractivity (Wildman–Crippen MR) is 102 cm³/mol. The molecule has 0 saturated heterocycles. The lowest BCUT2D eigenvalue weighted by Crippen LogP contribution is -1.97. The Bertz CT molecular complexity index is 624. The maximum atomic E-state index is 10.1. The Hall–Kier alpha value is -2.30. The Balaban J connectivity index is 1.65. The number of phenols is 1. The first-order valence-corrected chi connectivity index (χ1v) is 9.29. The molecule has 5 nitrogen and oxygen atoms in total. The number of hydrogen-bond donors (Lipinski definition) is 2. The molecule has 0 bridgehead atoms. The molecule has 0 amide bonds. The van der Waals surface area contributed by atoms with Gasteiger partial charge in [0.1, 0.15) is 17.3 Å². The minimum Gasteiger partial charge on any atom is -0.507 e. The molecule has 0 saturated carbocycles. The smallest absolute Gasteiger partial charge is 0.147 e. The molecule has 1 heterocycles. The molecule has 0 aliphatic heterocycles. The van der Waals surface area contributed by atoms with Gasteiger partial charge in [0.05, 0.1) is 12.8 Å². The Morgan fingerprint density at radius 2 is 1.84 bits per heavy atom. The molecule has 25 heavy (non-hydrogen) atoms. The van der Waals surface area contributed by atoms with Crippen LogP contribution in [-0.2, 0) is 0 Å². The topological polar surface area (TPSA) is 70.5 Å². The van der Waals surface area contributed by atoms with Gasteiger partial charge in [0.2, 0.25) is 0 Å². The molecule has 0 spiro atoms. The summed E-state index contributed by atoms with van der Waals surface area (Å²) in [6, 6.07) is 7.06. The summed E-state index contributed by atoms with van der Waals surface area (Å²) < 4.78 is 5.72. The van der Waals surface area contributed by atoms with Crippen molar-refractivity contribution in [1.82, 2.24) is 10.2 Å². The monoisotopic (exact) mass is 343 g/mol. The van der Waals surface area contributed by atoms with E-state index >= 15 is 0 Å². The highest BCUT2D eigenvalue weighted by Gasteiger charge is 2.02. The zero-order valence-corrected chi connectivity index (χ0v) is 15.1. The standard InChI is InChI=1S/C20H29N3O2/c1-2-3-4-5-6-7-8-9-14-25-18-11-10-17(19(24)15-18)16-21-20-12-13-22-23-20/h10-13,15-16,24H,2-9,14H2,1H3,(H,22,23)/b21-16+. The van der Waals surface area contributed by atoms with Gasteiger partial charge in [-0.15, -0.1) is 0 Å². The summed E-state index contributed by atoms with van der Waals surface area (Å²) in [5, 5.41) is 16.6. The molecule has 0 fully saturated rings. The van der Waals surface area contributed by atoms with E-state index in [1.165, 1.54) is 44.9 Å². The van der Waals surface area contributed by atoms with Crippen molar-refractivity contribution in [3.63, 3.8) is 0 Å². The summed E-state index contributed by atoms with van der Waals surface area (Å²) in [6.07, 6.45) is 13.5. The fraction of sp³-hybridized carbons (Fsp3) is 0.500. The van der Waals surface area contributed by atoms with Gasteiger partial charge in [0, 0.05) is 23.9 Å². The summed E-state index contributed by atoms with van der Waals surface area (Å²) in [4.78, 5) is 4.21. The van der Waals surface area contributed by atoms with Crippen molar-refractivity contribution in [3.05, 3.63) is 36.0 Å². The summed E-state index contributed by atoms with van der Waals surface area (Å²) in [7, 11) is 0. The molecule has 0 aliphatic carbocycles. The van der Waals surface area contributed by atoms with Crippen LogP contribution in [-0.4, -0.2) is 28.1 Å². The van der Waals surface area contributed by atoms with E-state index in [0.29, 0.717) is 23.7 Å². The van der Waals surface area contributed by atoms with Crippen LogP contribution in [0.4, 0.5) is 5.82 Å². The minimum atomic E-state index is 0.164. The summed E-state index contributed by atoms with van der Waals surface area (Å²) in [6.45, 7) is 2.93. The minimum absolute atomic E-state index is 0.164. The van der Waals surface area contributed by atoms with E-state index in [0.717, 1.165) is 6.42 Å². The maximum Gasteiger partial charge on any atom is 0.147 e. The number of hydrogen-bond acceptors (Lipinski definition) is 4. The molecule has 136 valence electrons. The second-order valence-electron chi connectivity index (χ2n) is 6.24. The highest BCUT2D eigenvalue weighted by molar-refractivity contribution is 5.85. The van der Waals surface area contributed by atoms with Crippen molar-refractivity contribution in [2.45, 2.75) is 58.3 Å². The number of aromatic hydroxyl groups is 1. The van der Waals surface area contributed by atoms with E-state index < -0.39 is 0 Å². The number of aromatic nitrogens is 2. The zero-order valence-electron chi connectivity index (χ0n) is 15.1. The predicted octanol–water partition coefficient (Wildman–Crippen LogP) is 5.39. The highest BCUT2D eigenvalue weighted by atomic mass is 16.5. The van der Waals surface area contributed by atoms with Gasteiger partial charge >= 0.3 is 0 Å². The number of phenolic OH excluding ortho intramolecular Hbond substituents is 1. The van der Waals surface area contributed by atoms with Crippen LogP contribution in [0.1, 0.15) is 63.9 Å². The van der Waals surface area contributed by atoms with Gasteiger partial charge in [0.15, 0.2) is 0 Å². The van der Waals surface area contributed by atoms with Gasteiger partial charge in [-0.2, -0.15) is 5.10 Å². The van der Waals surface area contributed by atoms with Crippen LogP contribution in [0.25, 0.3) is 0 Å². The van der Waals surface area contributed by atoms with Crippen LogP contribution in [0.5, 0.6) is 11.5 Å². The largest absolute Gasteiger partial charge is 0.507 e. The van der Waals surface area contributed by atoms with Crippen LogP contribution in [0.2, 0.25) is 0 Å². The van der Waals surface area contributed by atoms with E-state index in [1.807, 2.05) is 6.07 Å². The lowest BCUT2D eigenvalue weighted by molar-refractivity contribution is 0.302. The van der Waals surface area contributed by atoms with Gasteiger partial charge in [0.25, 0.3) is 0 Å². The molecule has 5 heteroatoms. The molecule has 2 rings (SSSR count). The van der Waals surface area contributed by atoms with Crippen molar-refractivity contribution in [1.29, 1.82) is 0 Å². The Labute approximate surface area is 150 Å². The van der Waals surface area contributed by atoms with Crippen LogP contribution in [0.15, 0.2) is 35.5 Å². The Morgan fingerprint density at radius 1 is 1.08 bits per heavy atom. The Morgan fingerprint density at radius 3 is 2.52 bits per heavy atom. The number of unbranched alkanes of at least 4 members (excludes halogenated alkanes) is 7. The van der Waals surface area contributed by atoms with Crippen LogP contribution in [0.3, 0.4) is 0 Å². The normalized spacial score (nSPS) is 11.2. The van der Waals surface area contributed by atoms with Gasteiger partial charge in [-0.3, -0.25) is 5.10 Å². The van der Waals surface area contributed by atoms with Gasteiger partial charge in [-0.25, -0.2) is 4.99 Å². The van der Waals surface area contributed by atoms with Crippen molar-refractivity contribution >= 4 is 12.0 Å². The van der Waals surface area contributed by atoms with E-state index in [1.54, 1.807) is 30.6 Å². The Kier molecular flexibility index (Phi) is 8.59. The average Bonchev–Trinajstić information content (AvgIpc) is 3.13. The molecule has 1 aromatic heterocycles. The highest BCUT2D eigenvalue weighted by Crippen LogP contribution is 2.23. The molecular weight excluding hydrogens is 314 g/mol. The summed E-state index contributed by atoms with van der Waals surface area (Å²) >= 11 is 0. The number of aromatic amines is 1. The molecule has 0 aliphatic rings. The number of benzene rings is 1. The number of H-pyrrole nitrogens is 1. The molecule has 0 radical (unpaired) electrons. The molecule has 2 aromatic rings. The second-order valence-corrected chi connectivity index (χ2v) is 6.24. The molecule has 1 aromatic carbocycles. The quantitative estimate of drug-likeness (QED) is 0.401. The summed E-state index contributed by atoms with van der Waals surface area (Å²) in [5.74, 6) is 1.50. The van der Waals surface area contributed by atoms with Gasteiger partial charge in [-0.1, -0.05) is 51.9 Å². The van der Waals surface area contributed by atoms with E-state index in [2.05, 4.69) is 22.1 Å². The van der Waals surface area contributed by atoms with E-state index in [9.17, 15) is 5.11 Å². The SMILES string of the molecule is CCCCCCCCCCOc1ccc(/C=N/c2ccn[nH]2)c(O)c1. The van der Waals surface area contributed by atoms with Crippen molar-refractivity contribution in [3.8, 4) is 11.5 Å². The first kappa shape index (κ1) is 19.0. The zero-order chi connectivity index (χ0) is 17.7. The summed E-state index contributed by atoms with van der Waals surface area (Å²) in [5.41, 5.74) is 0.647. The first-order valence-electron chi connectivity index (χ1n) is 9.29. The van der Waals surface area contributed by atoms with Gasteiger partial charge in [-0.05, 0) is 18.6 Å². The average molecular weight is 343 g/mol. The number of nitrogens with zero attached hydrogens (tertiary/aromatic N) is 2. The first-order chi connectivity index (χ1) is 12.3. The second kappa shape index (κ2) is 11.3. The van der Waals surface area contributed by atoms with Crippen molar-refractivity contribution in [2.75, 3.05) is 6.61 Å². The number of nitrogens with one attached hydrogen (secondary N) is 1. The van der Waals surface area contributed by atoms with E-state index in [-0.39, 0.29) is 5.75 Å². The van der Waals surface area contributed by atoms with Crippen molar-refractivity contribution in [2.24, 2.45) is 4.99 Å². The fourth-order valence-electron chi connectivity index (χ4n) is 2.61. The van der Waals surface area contributed by atoms with Crippen LogP contribution < -0.4 is 4.74 Å². The van der Waals surface area contributed by atoms with Crippen LogP contribution >= 0.6 is 0 Å². The number of aliphatic imine (C=N–C) groups is 1. The molecular formula is C20H29N3O2. The van der Waals surface area contributed by atoms with E-state index in [4.69, 9.17) is 4.74 Å². The third kappa shape index (κ3) is 7.42. The van der Waals surface area contributed by atoms with Crippen molar-refractivity contribution < 1.29 is 9.84 Å². The maximum absolute atomic E-state index is 10.1. The third-order valence-electron chi connectivity index (χ3n) is 4.10. The lowest BCUT2D eigenvalue weighted by Gasteiger charge is -2.07. The van der Waals surface area contributed by atoms with Crippen LogP contribution in [0, 0.1) is 0 Å². The third-order valence-corrected chi connectivity index (χ3v) is 4.10. The van der Waals surface area contributed by atoms with Gasteiger partial charge < -0.3 is 9.84 Å². The number of ether oxygens (including phenoxy) is 1. The molecule has 0 atom stereocenters. The lowest BCUT2D eigenvalue weighted by atomic mass is 10.1. The molecule has 2 N–H and O–H groups in total.